The smallest absolute Gasteiger partial charge is 0.195 e. The molecule has 0 radical (unpaired) electrons. The molecule has 1 aliphatic rings. The van der Waals surface area contributed by atoms with E-state index in [1.807, 2.05) is 7.05 Å². The van der Waals surface area contributed by atoms with Gasteiger partial charge in [0.2, 0.25) is 0 Å². The van der Waals surface area contributed by atoms with Crippen molar-refractivity contribution in [1.29, 1.82) is 0 Å². The standard InChI is InChI=1S/C14H22N4OS/c1-15-9-12-13(16-14-18(12)6-8-20-14)17(2)10-11-5-3-4-7-19-11/h6,8,11,15H,3-5,7,9-10H2,1-2H3. The van der Waals surface area contributed by atoms with Gasteiger partial charge in [-0.2, -0.15) is 0 Å². The predicted molar refractivity (Wildman–Crippen MR) is 82.7 cm³/mol. The predicted octanol–water partition coefficient (Wildman–Crippen LogP) is 2.12. The number of nitrogens with one attached hydrogen (secondary N) is 1. The maximum atomic E-state index is 5.84. The lowest BCUT2D eigenvalue weighted by Gasteiger charge is -2.28. The van der Waals surface area contributed by atoms with E-state index in [9.17, 15) is 0 Å². The van der Waals surface area contributed by atoms with Crippen molar-refractivity contribution in [2.45, 2.75) is 31.9 Å². The Bertz CT molecular complexity index is 559. The van der Waals surface area contributed by atoms with Gasteiger partial charge in [-0.25, -0.2) is 4.98 Å². The number of ether oxygens (including phenoxy) is 1. The zero-order chi connectivity index (χ0) is 13.9. The summed E-state index contributed by atoms with van der Waals surface area (Å²) in [6.07, 6.45) is 6.07. The normalized spacial score (nSPS) is 19.6. The van der Waals surface area contributed by atoms with Crippen LogP contribution in [0.2, 0.25) is 0 Å². The Balaban J connectivity index is 1.80. The van der Waals surface area contributed by atoms with Crippen LogP contribution in [0, 0.1) is 0 Å². The van der Waals surface area contributed by atoms with Gasteiger partial charge in [0.25, 0.3) is 0 Å². The van der Waals surface area contributed by atoms with Gasteiger partial charge < -0.3 is 15.0 Å². The molecular weight excluding hydrogens is 272 g/mol. The average molecular weight is 294 g/mol. The van der Waals surface area contributed by atoms with Gasteiger partial charge in [0.1, 0.15) is 0 Å². The summed E-state index contributed by atoms with van der Waals surface area (Å²) >= 11 is 1.68. The molecule has 6 heteroatoms. The van der Waals surface area contributed by atoms with E-state index in [0.717, 1.165) is 36.9 Å². The first-order chi connectivity index (χ1) is 9.79. The minimum atomic E-state index is 0.343. The number of hydrogen-bond acceptors (Lipinski definition) is 5. The average Bonchev–Trinajstić information content (AvgIpc) is 3.03. The number of hydrogen-bond donors (Lipinski definition) is 1. The molecule has 5 nitrogen and oxygen atoms in total. The molecule has 2 aromatic rings. The molecule has 1 N–H and O–H groups in total. The van der Waals surface area contributed by atoms with Crippen LogP contribution in [0.15, 0.2) is 11.6 Å². The largest absolute Gasteiger partial charge is 0.376 e. The number of anilines is 1. The van der Waals surface area contributed by atoms with Crippen molar-refractivity contribution in [3.63, 3.8) is 0 Å². The number of rotatable bonds is 5. The summed E-state index contributed by atoms with van der Waals surface area (Å²) in [6, 6.07) is 0. The van der Waals surface area contributed by atoms with Crippen molar-refractivity contribution in [3.05, 3.63) is 17.3 Å². The third-order valence-electron chi connectivity index (χ3n) is 3.80. The topological polar surface area (TPSA) is 41.8 Å². The third-order valence-corrected chi connectivity index (χ3v) is 4.55. The molecule has 1 unspecified atom stereocenters. The van der Waals surface area contributed by atoms with Crippen molar-refractivity contribution in [3.8, 4) is 0 Å². The van der Waals surface area contributed by atoms with E-state index in [2.05, 4.69) is 33.2 Å². The highest BCUT2D eigenvalue weighted by Crippen LogP contribution is 2.25. The zero-order valence-electron chi connectivity index (χ0n) is 12.1. The second-order valence-corrected chi connectivity index (χ2v) is 6.21. The molecule has 0 bridgehead atoms. The van der Waals surface area contributed by atoms with Gasteiger partial charge in [0.05, 0.1) is 11.8 Å². The van der Waals surface area contributed by atoms with E-state index >= 15 is 0 Å². The van der Waals surface area contributed by atoms with Crippen LogP contribution < -0.4 is 10.2 Å². The molecule has 0 aliphatic carbocycles. The van der Waals surface area contributed by atoms with Crippen LogP contribution in [0.4, 0.5) is 5.82 Å². The first-order valence-electron chi connectivity index (χ1n) is 7.21. The number of imidazole rings is 1. The number of fused-ring (bicyclic) bond motifs is 1. The SMILES string of the molecule is CNCc1c(N(C)CC2CCCCO2)nc2sccn12. The summed E-state index contributed by atoms with van der Waals surface area (Å²) in [5, 5.41) is 5.32. The van der Waals surface area contributed by atoms with Crippen LogP contribution in [-0.4, -0.2) is 42.7 Å². The van der Waals surface area contributed by atoms with Gasteiger partial charge in [-0.05, 0) is 26.3 Å². The van der Waals surface area contributed by atoms with E-state index in [1.165, 1.54) is 18.5 Å². The summed E-state index contributed by atoms with van der Waals surface area (Å²) in [5.74, 6) is 1.07. The molecule has 0 aromatic carbocycles. The van der Waals surface area contributed by atoms with Crippen LogP contribution >= 0.6 is 11.3 Å². The number of thiazole rings is 1. The fourth-order valence-corrected chi connectivity index (χ4v) is 3.53. The highest BCUT2D eigenvalue weighted by Gasteiger charge is 2.20. The van der Waals surface area contributed by atoms with Gasteiger partial charge in [-0.1, -0.05) is 0 Å². The minimum Gasteiger partial charge on any atom is -0.376 e. The molecule has 1 fully saturated rings. The fourth-order valence-electron chi connectivity index (χ4n) is 2.80. The Morgan fingerprint density at radius 3 is 3.20 bits per heavy atom. The second kappa shape index (κ2) is 6.11. The summed E-state index contributed by atoms with van der Waals surface area (Å²) in [5.41, 5.74) is 1.22. The fraction of sp³-hybridized carbons (Fsp3) is 0.643. The van der Waals surface area contributed by atoms with E-state index in [1.54, 1.807) is 11.3 Å². The van der Waals surface area contributed by atoms with Crippen LogP contribution in [0.25, 0.3) is 4.96 Å². The first kappa shape index (κ1) is 13.9. The van der Waals surface area contributed by atoms with E-state index in [-0.39, 0.29) is 0 Å². The molecule has 1 atom stereocenters. The summed E-state index contributed by atoms with van der Waals surface area (Å²) < 4.78 is 8.01. The number of nitrogens with zero attached hydrogens (tertiary/aromatic N) is 3. The molecule has 20 heavy (non-hydrogen) atoms. The van der Waals surface area contributed by atoms with E-state index < -0.39 is 0 Å². The zero-order valence-corrected chi connectivity index (χ0v) is 12.9. The van der Waals surface area contributed by atoms with Crippen molar-refractivity contribution in [2.75, 3.05) is 32.1 Å². The van der Waals surface area contributed by atoms with Crippen molar-refractivity contribution < 1.29 is 4.74 Å². The highest BCUT2D eigenvalue weighted by molar-refractivity contribution is 7.15. The van der Waals surface area contributed by atoms with Crippen molar-refractivity contribution in [2.24, 2.45) is 0 Å². The van der Waals surface area contributed by atoms with Gasteiger partial charge in [0, 0.05) is 38.3 Å². The lowest BCUT2D eigenvalue weighted by molar-refractivity contribution is 0.0215. The Morgan fingerprint density at radius 2 is 2.45 bits per heavy atom. The van der Waals surface area contributed by atoms with Crippen molar-refractivity contribution in [1.82, 2.24) is 14.7 Å². The molecule has 3 heterocycles. The maximum Gasteiger partial charge on any atom is 0.195 e. The highest BCUT2D eigenvalue weighted by atomic mass is 32.1. The lowest BCUT2D eigenvalue weighted by atomic mass is 10.1. The Hall–Kier alpha value is -1.11. The summed E-state index contributed by atoms with van der Waals surface area (Å²) in [7, 11) is 4.09. The molecule has 0 spiro atoms. The molecule has 3 rings (SSSR count). The third kappa shape index (κ3) is 2.68. The molecule has 0 saturated carbocycles. The minimum absolute atomic E-state index is 0.343. The van der Waals surface area contributed by atoms with E-state index in [4.69, 9.17) is 9.72 Å². The lowest BCUT2D eigenvalue weighted by Crippen LogP contribution is -2.34. The summed E-state index contributed by atoms with van der Waals surface area (Å²) in [6.45, 7) is 2.64. The van der Waals surface area contributed by atoms with Gasteiger partial charge in [-0.15, -0.1) is 11.3 Å². The van der Waals surface area contributed by atoms with Crippen LogP contribution in [0.1, 0.15) is 25.0 Å². The molecule has 0 amide bonds. The molecule has 2 aromatic heterocycles. The van der Waals surface area contributed by atoms with Gasteiger partial charge in [-0.3, -0.25) is 4.40 Å². The van der Waals surface area contributed by atoms with Crippen LogP contribution in [0.3, 0.4) is 0 Å². The Morgan fingerprint density at radius 1 is 1.55 bits per heavy atom. The molecule has 1 saturated heterocycles. The second-order valence-electron chi connectivity index (χ2n) is 5.34. The van der Waals surface area contributed by atoms with Crippen LogP contribution in [0.5, 0.6) is 0 Å². The molecule has 1 aliphatic heterocycles. The Kier molecular flexibility index (Phi) is 4.24. The monoisotopic (exact) mass is 294 g/mol. The molecular formula is C14H22N4OS. The number of likely N-dealkylation sites (N-methyl/N-ethyl adjacent to an activating group) is 1. The van der Waals surface area contributed by atoms with Gasteiger partial charge in [0.15, 0.2) is 10.8 Å². The first-order valence-corrected chi connectivity index (χ1v) is 8.09. The van der Waals surface area contributed by atoms with Gasteiger partial charge >= 0.3 is 0 Å². The Labute approximate surface area is 123 Å². The quantitative estimate of drug-likeness (QED) is 0.917. The summed E-state index contributed by atoms with van der Waals surface area (Å²) in [4.78, 5) is 8.06. The van der Waals surface area contributed by atoms with E-state index in [0.29, 0.717) is 6.10 Å². The number of aromatic nitrogens is 2. The van der Waals surface area contributed by atoms with Crippen LogP contribution in [-0.2, 0) is 11.3 Å². The van der Waals surface area contributed by atoms with Crippen molar-refractivity contribution >= 4 is 22.1 Å². The maximum absolute atomic E-state index is 5.84. The molecule has 110 valence electrons.